The molecule has 0 bridgehead atoms. The van der Waals surface area contributed by atoms with Gasteiger partial charge >= 0.3 is 0 Å². The fraction of sp³-hybridized carbons (Fsp3) is 0.300. The minimum Gasteiger partial charge on any atom is -0.0763 e. The molecule has 0 heterocycles. The van der Waals surface area contributed by atoms with Crippen molar-refractivity contribution >= 4 is 11.6 Å². The fourth-order valence-corrected chi connectivity index (χ4v) is 3.87. The number of aryl methyl sites for hydroxylation is 2. The summed E-state index contributed by atoms with van der Waals surface area (Å²) in [6.45, 7) is 4.51. The standard InChI is InChI=1S/C20H20/c1-13-6-9-17-16(12-13)8-11-19-18(17)10-7-15-5-3-4-14(2)20(15)19/h5-7,9-10,12H,3-4,8,11H2,1-2H3. The maximum absolute atomic E-state index is 2.41. The van der Waals surface area contributed by atoms with Crippen LogP contribution in [0.5, 0.6) is 0 Å². The highest BCUT2D eigenvalue weighted by Crippen LogP contribution is 2.32. The number of fused-ring (bicyclic) bond motifs is 5. The average Bonchev–Trinajstić information content (AvgIpc) is 2.46. The van der Waals surface area contributed by atoms with Crippen LogP contribution in [0, 0.1) is 6.92 Å². The molecule has 0 atom stereocenters. The van der Waals surface area contributed by atoms with Crippen molar-refractivity contribution in [3.63, 3.8) is 0 Å². The third-order valence-electron chi connectivity index (χ3n) is 4.85. The first kappa shape index (κ1) is 12.0. The summed E-state index contributed by atoms with van der Waals surface area (Å²) in [6, 6.07) is 11.6. The van der Waals surface area contributed by atoms with Crippen molar-refractivity contribution < 1.29 is 0 Å². The Kier molecular flexibility index (Phi) is 2.60. The third-order valence-corrected chi connectivity index (χ3v) is 4.85. The highest BCUT2D eigenvalue weighted by atomic mass is 14.2. The van der Waals surface area contributed by atoms with Gasteiger partial charge in [-0.3, -0.25) is 0 Å². The van der Waals surface area contributed by atoms with Crippen molar-refractivity contribution in [2.24, 2.45) is 0 Å². The van der Waals surface area contributed by atoms with Crippen LogP contribution in [-0.2, 0) is 12.8 Å². The van der Waals surface area contributed by atoms with Gasteiger partial charge in [0.2, 0.25) is 0 Å². The Labute approximate surface area is 120 Å². The number of hydrogen-bond donors (Lipinski definition) is 0. The van der Waals surface area contributed by atoms with Crippen molar-refractivity contribution in [1.82, 2.24) is 0 Å². The van der Waals surface area contributed by atoms with E-state index in [0.29, 0.717) is 0 Å². The molecular weight excluding hydrogens is 240 g/mol. The molecule has 0 amide bonds. The minimum atomic E-state index is 1.19. The molecule has 20 heavy (non-hydrogen) atoms. The van der Waals surface area contributed by atoms with Gasteiger partial charge in [0.15, 0.2) is 0 Å². The first-order valence-electron chi connectivity index (χ1n) is 7.66. The lowest BCUT2D eigenvalue weighted by molar-refractivity contribution is 0.919. The summed E-state index contributed by atoms with van der Waals surface area (Å²) >= 11 is 0. The zero-order chi connectivity index (χ0) is 13.7. The molecular formula is C20H20. The van der Waals surface area contributed by atoms with E-state index < -0.39 is 0 Å². The van der Waals surface area contributed by atoms with E-state index in [9.17, 15) is 0 Å². The van der Waals surface area contributed by atoms with Crippen LogP contribution in [0.4, 0.5) is 0 Å². The van der Waals surface area contributed by atoms with Crippen LogP contribution < -0.4 is 10.4 Å². The van der Waals surface area contributed by atoms with Gasteiger partial charge in [-0.25, -0.2) is 0 Å². The van der Waals surface area contributed by atoms with Crippen molar-refractivity contribution in [1.29, 1.82) is 0 Å². The van der Waals surface area contributed by atoms with E-state index in [-0.39, 0.29) is 0 Å². The topological polar surface area (TPSA) is 0 Å². The third kappa shape index (κ3) is 1.67. The molecule has 0 fully saturated rings. The van der Waals surface area contributed by atoms with Crippen LogP contribution in [0.2, 0.25) is 0 Å². The molecule has 0 N–H and O–H groups in total. The molecule has 0 nitrogen and oxygen atoms in total. The summed E-state index contributed by atoms with van der Waals surface area (Å²) in [5.41, 5.74) is 9.00. The molecule has 100 valence electrons. The normalized spacial score (nSPS) is 16.0. The Morgan fingerprint density at radius 1 is 0.850 bits per heavy atom. The van der Waals surface area contributed by atoms with Gasteiger partial charge < -0.3 is 0 Å². The average molecular weight is 260 g/mol. The summed E-state index contributed by atoms with van der Waals surface area (Å²) in [5, 5.41) is 3.02. The van der Waals surface area contributed by atoms with Crippen LogP contribution in [0.25, 0.3) is 22.8 Å². The largest absolute Gasteiger partial charge is 0.0763 e. The van der Waals surface area contributed by atoms with Crippen LogP contribution in [0.1, 0.15) is 36.5 Å². The van der Waals surface area contributed by atoms with Crippen molar-refractivity contribution in [2.45, 2.75) is 39.5 Å². The summed E-state index contributed by atoms with van der Waals surface area (Å²) in [5.74, 6) is 0. The maximum atomic E-state index is 2.41. The van der Waals surface area contributed by atoms with Crippen LogP contribution in [0.3, 0.4) is 0 Å². The maximum Gasteiger partial charge on any atom is -0.0143 e. The van der Waals surface area contributed by atoms with Crippen LogP contribution in [-0.4, -0.2) is 0 Å². The van der Waals surface area contributed by atoms with Gasteiger partial charge in [-0.2, -0.15) is 0 Å². The van der Waals surface area contributed by atoms with E-state index in [1.807, 2.05) is 0 Å². The lowest BCUT2D eigenvalue weighted by Crippen LogP contribution is -2.34. The molecule has 0 aliphatic heterocycles. The molecule has 2 aliphatic carbocycles. The second kappa shape index (κ2) is 4.34. The fourth-order valence-electron chi connectivity index (χ4n) is 3.87. The molecule has 0 saturated carbocycles. The summed E-state index contributed by atoms with van der Waals surface area (Å²) in [4.78, 5) is 0. The van der Waals surface area contributed by atoms with Gasteiger partial charge in [-0.1, -0.05) is 47.5 Å². The van der Waals surface area contributed by atoms with Gasteiger partial charge in [-0.05, 0) is 72.2 Å². The second-order valence-electron chi connectivity index (χ2n) is 6.24. The molecule has 0 heteroatoms. The van der Waals surface area contributed by atoms with Crippen LogP contribution >= 0.6 is 0 Å². The molecule has 4 rings (SSSR count). The Bertz CT molecular complexity index is 822. The predicted octanol–water partition coefficient (Wildman–Crippen LogP) is 3.51. The highest BCUT2D eigenvalue weighted by Gasteiger charge is 2.18. The molecule has 0 spiro atoms. The van der Waals surface area contributed by atoms with Gasteiger partial charge in [-0.15, -0.1) is 0 Å². The van der Waals surface area contributed by atoms with E-state index >= 15 is 0 Å². The Morgan fingerprint density at radius 2 is 1.70 bits per heavy atom. The van der Waals surface area contributed by atoms with E-state index in [1.165, 1.54) is 53.2 Å². The number of hydrogen-bond acceptors (Lipinski definition) is 0. The second-order valence-corrected chi connectivity index (χ2v) is 6.24. The quantitative estimate of drug-likeness (QED) is 0.680. The highest BCUT2D eigenvalue weighted by molar-refractivity contribution is 5.75. The Morgan fingerprint density at radius 3 is 2.60 bits per heavy atom. The molecule has 0 saturated heterocycles. The summed E-state index contributed by atoms with van der Waals surface area (Å²) in [7, 11) is 0. The van der Waals surface area contributed by atoms with Crippen molar-refractivity contribution in [2.75, 3.05) is 0 Å². The first-order valence-corrected chi connectivity index (χ1v) is 7.66. The lowest BCUT2D eigenvalue weighted by atomic mass is 9.82. The number of benzene rings is 2. The van der Waals surface area contributed by atoms with Gasteiger partial charge in [0, 0.05) is 0 Å². The van der Waals surface area contributed by atoms with E-state index in [1.54, 1.807) is 16.4 Å². The van der Waals surface area contributed by atoms with E-state index in [4.69, 9.17) is 0 Å². The molecule has 2 aliphatic rings. The number of rotatable bonds is 0. The molecule has 2 aromatic rings. The monoisotopic (exact) mass is 260 g/mol. The van der Waals surface area contributed by atoms with Crippen molar-refractivity contribution in [3.8, 4) is 11.1 Å². The Hall–Kier alpha value is -1.82. The molecule has 0 unspecified atom stereocenters. The van der Waals surface area contributed by atoms with Gasteiger partial charge in [0.25, 0.3) is 0 Å². The van der Waals surface area contributed by atoms with Gasteiger partial charge in [0.1, 0.15) is 0 Å². The van der Waals surface area contributed by atoms with Crippen molar-refractivity contribution in [3.05, 3.63) is 57.5 Å². The SMILES string of the molecule is CC1=c2c3c(ccc2=CCC1)-c1ccc(C)cc1CC3. The van der Waals surface area contributed by atoms with E-state index in [2.05, 4.69) is 50.3 Å². The van der Waals surface area contributed by atoms with E-state index in [0.717, 1.165) is 0 Å². The summed E-state index contributed by atoms with van der Waals surface area (Å²) < 4.78 is 0. The summed E-state index contributed by atoms with van der Waals surface area (Å²) in [6.07, 6.45) is 7.22. The zero-order valence-corrected chi connectivity index (χ0v) is 12.3. The zero-order valence-electron chi connectivity index (χ0n) is 12.3. The Balaban J connectivity index is 2.08. The van der Waals surface area contributed by atoms with Gasteiger partial charge in [0.05, 0.1) is 0 Å². The lowest BCUT2D eigenvalue weighted by Gasteiger charge is -2.23. The molecule has 2 aromatic carbocycles. The smallest absolute Gasteiger partial charge is 0.0143 e. The minimum absolute atomic E-state index is 1.19. The molecule has 0 aromatic heterocycles. The first-order chi connectivity index (χ1) is 9.74. The molecule has 0 radical (unpaired) electrons. The predicted molar refractivity (Wildman–Crippen MR) is 86.1 cm³/mol. The van der Waals surface area contributed by atoms with Crippen LogP contribution in [0.15, 0.2) is 30.3 Å².